The van der Waals surface area contributed by atoms with Crippen molar-refractivity contribution in [2.45, 2.75) is 32.4 Å². The molecule has 4 N–H and O–H groups in total. The Bertz CT molecular complexity index is 2100. The molecule has 0 saturated heterocycles. The molecule has 202 valence electrons. The van der Waals surface area contributed by atoms with E-state index in [0.717, 1.165) is 25.6 Å². The summed E-state index contributed by atoms with van der Waals surface area (Å²) in [6.45, 7) is 5.22. The van der Waals surface area contributed by atoms with Gasteiger partial charge in [0.05, 0.1) is 33.6 Å². The molecule has 0 fully saturated rings. The van der Waals surface area contributed by atoms with E-state index >= 15 is 0 Å². The topological polar surface area (TPSA) is 123 Å². The number of allylic oxidation sites excluding steroid dienone is 4. The molecule has 1 aliphatic rings. The lowest BCUT2D eigenvalue weighted by Gasteiger charge is -2.21. The van der Waals surface area contributed by atoms with Crippen molar-refractivity contribution in [1.29, 1.82) is 0 Å². The van der Waals surface area contributed by atoms with Crippen LogP contribution in [-0.2, 0) is 12.6 Å². The molecule has 0 radical (unpaired) electrons. The molecular weight excluding hydrogens is 511 g/mol. The van der Waals surface area contributed by atoms with E-state index in [-0.39, 0.29) is 10.9 Å². The van der Waals surface area contributed by atoms with Gasteiger partial charge in [0.1, 0.15) is 5.82 Å². The number of rotatable bonds is 4. The molecule has 3 aromatic carbocycles. The number of aliphatic hydroxyl groups is 1. The number of hydrogen-bond acceptors (Lipinski definition) is 4. The normalized spacial score (nSPS) is 15.4. The number of amides is 1. The Morgan fingerprint density at radius 2 is 1.88 bits per heavy atom. The summed E-state index contributed by atoms with van der Waals surface area (Å²) in [7, 11) is 1.44. The fraction of sp³-hybridized carbons (Fsp3) is 0.194. The summed E-state index contributed by atoms with van der Waals surface area (Å²) in [5.41, 5.74) is 7.71. The van der Waals surface area contributed by atoms with Crippen LogP contribution in [0.4, 0.5) is 4.39 Å². The van der Waals surface area contributed by atoms with Crippen LogP contribution in [0, 0.1) is 12.7 Å². The number of aromatic amines is 1. The minimum atomic E-state index is -1.09. The van der Waals surface area contributed by atoms with E-state index in [0.29, 0.717) is 33.1 Å². The van der Waals surface area contributed by atoms with E-state index in [1.807, 2.05) is 31.2 Å². The van der Waals surface area contributed by atoms with Gasteiger partial charge >= 0.3 is 5.69 Å². The number of nitrogens with one attached hydrogen (secondary N) is 1. The maximum Gasteiger partial charge on any atom is 0.332 e. The smallest absolute Gasteiger partial charge is 0.332 e. The van der Waals surface area contributed by atoms with Crippen LogP contribution in [0.15, 0.2) is 70.3 Å². The Hall–Kier alpha value is -4.76. The molecule has 9 heteroatoms. The minimum absolute atomic E-state index is 0.0510. The van der Waals surface area contributed by atoms with Crippen molar-refractivity contribution in [3.8, 4) is 0 Å². The van der Waals surface area contributed by atoms with Crippen molar-refractivity contribution in [2.75, 3.05) is 0 Å². The van der Waals surface area contributed by atoms with Gasteiger partial charge < -0.3 is 15.8 Å². The first-order valence-corrected chi connectivity index (χ1v) is 12.8. The number of nitrogens with zero attached hydrogens (tertiary/aromatic N) is 2. The highest BCUT2D eigenvalue weighted by molar-refractivity contribution is 6.19. The maximum atomic E-state index is 14.6. The van der Waals surface area contributed by atoms with Crippen molar-refractivity contribution in [2.24, 2.45) is 12.8 Å². The summed E-state index contributed by atoms with van der Waals surface area (Å²) in [6.07, 6.45) is 5.36. The highest BCUT2D eigenvalue weighted by Gasteiger charge is 2.29. The Kier molecular flexibility index (Phi) is 5.50. The molecular formula is C31H27FN4O4. The van der Waals surface area contributed by atoms with Gasteiger partial charge in [-0.1, -0.05) is 36.4 Å². The van der Waals surface area contributed by atoms with Gasteiger partial charge in [0, 0.05) is 23.3 Å². The second-order valence-electron chi connectivity index (χ2n) is 10.8. The number of halogens is 1. The van der Waals surface area contributed by atoms with E-state index in [4.69, 9.17) is 5.73 Å². The lowest BCUT2D eigenvalue weighted by Crippen LogP contribution is -2.41. The third kappa shape index (κ3) is 3.58. The van der Waals surface area contributed by atoms with Crippen LogP contribution < -0.4 is 17.0 Å². The van der Waals surface area contributed by atoms with E-state index in [2.05, 4.69) is 4.98 Å². The SMILES string of the molecule is Cc1cc(C(N)=O)c2[nH]c3cc(C(C)(C)O)ccc3c2c1C1=CC=CC1n1c(=O)c2cccc(F)c2n(C)c1=O. The fourth-order valence-corrected chi connectivity index (χ4v) is 5.84. The summed E-state index contributed by atoms with van der Waals surface area (Å²) in [6, 6.07) is 10.6. The molecule has 0 spiro atoms. The Morgan fingerprint density at radius 1 is 1.12 bits per heavy atom. The molecule has 1 unspecified atom stereocenters. The Balaban J connectivity index is 1.66. The summed E-state index contributed by atoms with van der Waals surface area (Å²) in [5, 5.41) is 12.2. The number of carbonyl (C=O) groups excluding carboxylic acids is 1. The number of fused-ring (bicyclic) bond motifs is 4. The lowest BCUT2D eigenvalue weighted by atomic mass is 9.89. The average Bonchev–Trinajstić information content (AvgIpc) is 3.51. The second kappa shape index (κ2) is 8.62. The number of nitrogens with two attached hydrogens (primary N) is 1. The van der Waals surface area contributed by atoms with E-state index in [1.165, 1.54) is 25.2 Å². The standard InChI is InChI=1S/C31H27FN4O4/c1-15-13-20(28(33)37)26-25(17-12-11-16(31(2,3)40)14-22(17)34-26)24(15)18-7-6-10-23(18)36-29(38)19-8-5-9-21(32)27(19)35(4)30(36)39/h5-14,23,34,40H,1-4H3,(H2,33,37). The van der Waals surface area contributed by atoms with Gasteiger partial charge in [-0.05, 0) is 67.3 Å². The van der Waals surface area contributed by atoms with Gasteiger partial charge in [-0.25, -0.2) is 13.8 Å². The molecule has 1 atom stereocenters. The molecule has 5 aromatic rings. The van der Waals surface area contributed by atoms with Crippen LogP contribution in [0.25, 0.3) is 38.3 Å². The third-order valence-electron chi connectivity index (χ3n) is 7.76. The number of para-hydroxylation sites is 1. The molecule has 2 heterocycles. The van der Waals surface area contributed by atoms with Crippen molar-refractivity contribution in [1.82, 2.24) is 14.1 Å². The highest BCUT2D eigenvalue weighted by Crippen LogP contribution is 2.42. The number of H-pyrrole nitrogens is 1. The molecule has 1 amide bonds. The first kappa shape index (κ1) is 25.5. The van der Waals surface area contributed by atoms with Gasteiger partial charge in [-0.3, -0.25) is 14.2 Å². The molecule has 1 aliphatic carbocycles. The van der Waals surface area contributed by atoms with Crippen LogP contribution >= 0.6 is 0 Å². The molecule has 0 bridgehead atoms. The third-order valence-corrected chi connectivity index (χ3v) is 7.76. The summed E-state index contributed by atoms with van der Waals surface area (Å²) in [5.74, 6) is -1.26. The minimum Gasteiger partial charge on any atom is -0.386 e. The number of hydrogen-bond donors (Lipinski definition) is 3. The zero-order valence-electron chi connectivity index (χ0n) is 22.4. The summed E-state index contributed by atoms with van der Waals surface area (Å²) < 4.78 is 16.9. The van der Waals surface area contributed by atoms with Crippen LogP contribution in [0.5, 0.6) is 0 Å². The molecule has 2 aromatic heterocycles. The van der Waals surface area contributed by atoms with Crippen LogP contribution in [0.1, 0.15) is 46.9 Å². The number of carbonyl (C=O) groups is 1. The predicted octanol–water partition coefficient (Wildman–Crippen LogP) is 4.30. The molecule has 8 nitrogen and oxygen atoms in total. The van der Waals surface area contributed by atoms with Crippen molar-refractivity contribution >= 4 is 44.2 Å². The Morgan fingerprint density at radius 3 is 2.58 bits per heavy atom. The van der Waals surface area contributed by atoms with Crippen LogP contribution in [-0.4, -0.2) is 25.1 Å². The van der Waals surface area contributed by atoms with E-state index in [9.17, 15) is 23.9 Å². The number of primary amides is 1. The van der Waals surface area contributed by atoms with Crippen molar-refractivity contribution < 1.29 is 14.3 Å². The largest absolute Gasteiger partial charge is 0.386 e. The molecule has 40 heavy (non-hydrogen) atoms. The lowest BCUT2D eigenvalue weighted by molar-refractivity contribution is 0.0787. The van der Waals surface area contributed by atoms with E-state index < -0.39 is 34.6 Å². The quantitative estimate of drug-likeness (QED) is 0.316. The maximum absolute atomic E-state index is 14.6. The van der Waals surface area contributed by atoms with E-state index in [1.54, 1.807) is 32.1 Å². The number of aryl methyl sites for hydroxylation is 2. The molecule has 6 rings (SSSR count). The van der Waals surface area contributed by atoms with Gasteiger partial charge in [-0.15, -0.1) is 0 Å². The van der Waals surface area contributed by atoms with Crippen LogP contribution in [0.3, 0.4) is 0 Å². The zero-order chi connectivity index (χ0) is 28.7. The number of aromatic nitrogens is 3. The number of benzene rings is 3. The van der Waals surface area contributed by atoms with Crippen molar-refractivity contribution in [3.63, 3.8) is 0 Å². The summed E-state index contributed by atoms with van der Waals surface area (Å²) in [4.78, 5) is 42.9. The van der Waals surface area contributed by atoms with Gasteiger partial charge in [0.25, 0.3) is 11.5 Å². The molecule has 0 saturated carbocycles. The fourth-order valence-electron chi connectivity index (χ4n) is 5.84. The van der Waals surface area contributed by atoms with Gasteiger partial charge in [0.15, 0.2) is 0 Å². The van der Waals surface area contributed by atoms with Gasteiger partial charge in [-0.2, -0.15) is 0 Å². The van der Waals surface area contributed by atoms with Gasteiger partial charge in [0.2, 0.25) is 0 Å². The van der Waals surface area contributed by atoms with Crippen LogP contribution in [0.2, 0.25) is 0 Å². The highest BCUT2D eigenvalue weighted by atomic mass is 19.1. The zero-order valence-corrected chi connectivity index (χ0v) is 22.4. The average molecular weight is 539 g/mol. The molecule has 0 aliphatic heterocycles. The monoisotopic (exact) mass is 538 g/mol. The second-order valence-corrected chi connectivity index (χ2v) is 10.8. The first-order valence-electron chi connectivity index (χ1n) is 12.8. The summed E-state index contributed by atoms with van der Waals surface area (Å²) >= 11 is 0. The van der Waals surface area contributed by atoms with Crippen molar-refractivity contribution in [3.05, 3.63) is 110 Å². The first-order chi connectivity index (χ1) is 18.9. The predicted molar refractivity (Wildman–Crippen MR) is 154 cm³/mol. The Labute approximate surface area is 227 Å².